The van der Waals surface area contributed by atoms with E-state index in [4.69, 9.17) is 53.0 Å². The zero-order valence-corrected chi connectivity index (χ0v) is 74.7. The molecule has 10 aromatic carbocycles. The molecule has 3 aliphatic heterocycles. The van der Waals surface area contributed by atoms with Gasteiger partial charge in [0.25, 0.3) is 0 Å². The van der Waals surface area contributed by atoms with Crippen molar-refractivity contribution in [1.29, 1.82) is 0 Å². The Kier molecular flexibility index (Phi) is 37.3. The first-order valence-corrected chi connectivity index (χ1v) is 50.2. The number of allylic oxidation sites excluding steroid dienone is 2. The molecule has 10 aromatic rings. The molecule has 0 spiro atoms. The van der Waals surface area contributed by atoms with Crippen LogP contribution in [0.1, 0.15) is 144 Å². The van der Waals surface area contributed by atoms with Gasteiger partial charge in [0, 0.05) is 54.5 Å². The standard InChI is InChI=1S/2C21H27N2.C16H18NOP.C15H10.C12H16O.C10H12O.2CH4.4ClH.2Ru/c2*1-14-9-16(3)20(17(4)10-14)22-7-8-23(13-22)21-18(5)11-15(2)12-19(21)6;1-3-7-15(8-4-1)19(16-9-5-2-6-10-16)17-11-13-18-14-12-17;1-2-6-12(7-3-1)15-11-10-13-8-4-5-9-14(13)15;1-4-7-11-8-5-6-9-12(11)13-10(2)3;1-8(2)11-10-7-5-4-6-9(10)3;;;;;;;;/h2*9-13H,7-8H2,1-6H3;1-10H,11-14H2;1-9,11H;4-10H,1-3H3;3-8H,1-2H3;2*1H4;4*1H;;/q2*-1;;;;;;;;;;;2*+2/p-3. The minimum absolute atomic E-state index is 0. The van der Waals surface area contributed by atoms with Crippen LogP contribution in [0.2, 0.25) is 0 Å². The van der Waals surface area contributed by atoms with Crippen molar-refractivity contribution in [3.8, 4) is 11.5 Å². The summed E-state index contributed by atoms with van der Waals surface area (Å²) in [6.07, 6.45) is 6.61. The second-order valence-electron chi connectivity index (χ2n) is 28.9. The molecular weight excluding hydrogens is 1660 g/mol. The Morgan fingerprint density at radius 3 is 1.08 bits per heavy atom. The first-order chi connectivity index (χ1) is 52.8. The Morgan fingerprint density at radius 2 is 0.732 bits per heavy atom. The van der Waals surface area contributed by atoms with E-state index < -0.39 is 35.1 Å². The summed E-state index contributed by atoms with van der Waals surface area (Å²) in [4.78, 5) is 9.62. The molecule has 112 heavy (non-hydrogen) atoms. The van der Waals surface area contributed by atoms with Crippen LogP contribution < -0.4 is 39.7 Å². The fourth-order valence-electron chi connectivity index (χ4n) is 15.0. The van der Waals surface area contributed by atoms with E-state index in [2.05, 4.69) is 278 Å². The van der Waals surface area contributed by atoms with Crippen molar-refractivity contribution in [2.75, 3.05) is 72.1 Å². The fourth-order valence-corrected chi connectivity index (χ4v) is 22.0. The van der Waals surface area contributed by atoms with Gasteiger partial charge in [0.2, 0.25) is 0 Å². The second kappa shape index (κ2) is 45.3. The summed E-state index contributed by atoms with van der Waals surface area (Å²) in [5, 5.41) is 2.92. The van der Waals surface area contributed by atoms with Gasteiger partial charge in [-0.3, -0.25) is 0 Å². The zero-order chi connectivity index (χ0) is 79.1. The van der Waals surface area contributed by atoms with Crippen molar-refractivity contribution in [3.63, 3.8) is 0 Å². The normalized spacial score (nSPS) is 13.9. The minimum atomic E-state index is -1.88. The number of hydrogen-bond acceptors (Lipinski definition) is 8. The zero-order valence-electron chi connectivity index (χ0n) is 67.2. The van der Waals surface area contributed by atoms with Gasteiger partial charge in [0.1, 0.15) is 24.4 Å². The maximum absolute atomic E-state index is 6.19. The number of rotatable bonds is 14. The van der Waals surface area contributed by atoms with E-state index in [1.807, 2.05) is 112 Å². The van der Waals surface area contributed by atoms with E-state index in [0.717, 1.165) is 79.2 Å². The van der Waals surface area contributed by atoms with Gasteiger partial charge in [-0.1, -0.05) is 152 Å². The molecule has 4 aliphatic rings. The van der Waals surface area contributed by atoms with E-state index in [1.54, 1.807) is 0 Å². The van der Waals surface area contributed by atoms with Crippen molar-refractivity contribution < 1.29 is 41.2 Å². The Hall–Kier alpha value is -7.02. The Bertz CT molecular complexity index is 4420. The smallest absolute Gasteiger partial charge is 0.135 e. The predicted molar refractivity (Wildman–Crippen MR) is 489 cm³/mol. The van der Waals surface area contributed by atoms with Crippen molar-refractivity contribution in [2.45, 2.75) is 145 Å². The number of fused-ring (bicyclic) bond motifs is 1. The molecule has 0 radical (unpaired) electrons. The average Bonchev–Trinajstić information content (AvgIpc) is 1.63. The topological polar surface area (TPSA) is 43.9 Å². The van der Waals surface area contributed by atoms with Gasteiger partial charge in [0.05, 0.1) is 32.4 Å². The number of nitrogens with zero attached hydrogens (tertiary/aromatic N) is 5. The Balaban J connectivity index is 0.000000188. The summed E-state index contributed by atoms with van der Waals surface area (Å²) >= 11 is -3.65. The SMILES string of the molecule is C.C.CC(C)Oc1ccccc1[CH]=[Ru]([Cl])[Cl].CC=Cc1ccccc1OC(C)C.Cc1cc(C)c(N2[CH-]N(c3c(C)cc(C)cc3C)CC2)c(C)c1.Cc1cc(C)c(N2[CH-]N(c3c(C)cc(C)cc3C)CC2)c(C)c1.[Cl][Ru]([Cl])=[C]1C=C(c2ccccc2)c2ccccc21.c1ccc([PH+](c2ccccc2)N2CCOCC2)cc1. The van der Waals surface area contributed by atoms with Crippen molar-refractivity contribution >= 4 is 101 Å². The van der Waals surface area contributed by atoms with Gasteiger partial charge in [-0.15, -0.1) is 0 Å². The summed E-state index contributed by atoms with van der Waals surface area (Å²) in [5.74, 6) is 1.80. The predicted octanol–water partition coefficient (Wildman–Crippen LogP) is 25.0. The number of aryl methyl sites for hydroxylation is 12. The van der Waals surface area contributed by atoms with Crippen molar-refractivity contribution in [2.24, 2.45) is 0 Å². The quantitative estimate of drug-likeness (QED) is 0.0606. The minimum Gasteiger partial charge on any atom is -0.379 e. The van der Waals surface area contributed by atoms with Crippen LogP contribution >= 0.6 is 46.8 Å². The first kappa shape index (κ1) is 92.2. The number of benzene rings is 10. The third-order valence-electron chi connectivity index (χ3n) is 18.9. The van der Waals surface area contributed by atoms with Gasteiger partial charge in [-0.25, -0.2) is 0 Å². The summed E-state index contributed by atoms with van der Waals surface area (Å²) in [6.45, 7) is 49.0. The third-order valence-corrected chi connectivity index (χ3v) is 26.7. The van der Waals surface area contributed by atoms with Gasteiger partial charge in [0.15, 0.2) is 0 Å². The van der Waals surface area contributed by atoms with Crippen LogP contribution in [0.15, 0.2) is 224 Å². The molecule has 15 heteroatoms. The maximum Gasteiger partial charge on any atom is 0.135 e. The Morgan fingerprint density at radius 1 is 0.411 bits per heavy atom. The second-order valence-corrected chi connectivity index (χ2v) is 42.9. The van der Waals surface area contributed by atoms with Gasteiger partial charge in [-0.05, 0) is 179 Å². The molecule has 0 atom stereocenters. The summed E-state index contributed by atoms with van der Waals surface area (Å²) in [6, 6.07) is 74.5. The molecule has 8 nitrogen and oxygen atoms in total. The molecule has 600 valence electrons. The van der Waals surface area contributed by atoms with Crippen molar-refractivity contribution in [3.05, 3.63) is 332 Å². The van der Waals surface area contributed by atoms with E-state index >= 15 is 0 Å². The molecule has 0 saturated carbocycles. The van der Waals surface area contributed by atoms with Crippen LogP contribution in [-0.4, -0.2) is 78.1 Å². The number of anilines is 4. The van der Waals surface area contributed by atoms with Crippen molar-refractivity contribution in [1.82, 2.24) is 4.67 Å². The van der Waals surface area contributed by atoms with Crippen LogP contribution in [-0.2, 0) is 31.8 Å². The van der Waals surface area contributed by atoms with Gasteiger partial charge >= 0.3 is 218 Å². The molecular formula is C97H119Cl4N5O3PRu2-. The van der Waals surface area contributed by atoms with Crippen LogP contribution in [0.5, 0.6) is 11.5 Å². The number of para-hydroxylation sites is 2. The maximum atomic E-state index is 6.19. The molecule has 0 bridgehead atoms. The molecule has 1 aliphatic carbocycles. The molecule has 3 heterocycles. The Labute approximate surface area is 701 Å². The molecule has 0 amide bonds. The summed E-state index contributed by atoms with van der Waals surface area (Å²) in [5.41, 5.74) is 28.7. The average molecular weight is 1780 g/mol. The summed E-state index contributed by atoms with van der Waals surface area (Å²) in [7, 11) is 23.2. The van der Waals surface area contributed by atoms with Gasteiger partial charge < -0.3 is 29.1 Å². The number of ether oxygens (including phenoxy) is 3. The van der Waals surface area contributed by atoms with Crippen LogP contribution in [0.4, 0.5) is 22.7 Å². The van der Waals surface area contributed by atoms with Crippen LogP contribution in [0.3, 0.4) is 0 Å². The largest absolute Gasteiger partial charge is 0.379 e. The molecule has 0 N–H and O–H groups in total. The van der Waals surface area contributed by atoms with Crippen LogP contribution in [0, 0.1) is 96.4 Å². The molecule has 3 saturated heterocycles. The van der Waals surface area contributed by atoms with Gasteiger partial charge in [-0.2, -0.15) is 18.0 Å². The first-order valence-electron chi connectivity index (χ1n) is 37.9. The number of morpholine rings is 1. The number of hydrogen-bond donors (Lipinski definition) is 0. The third kappa shape index (κ3) is 26.0. The molecule has 3 fully saturated rings. The van der Waals surface area contributed by atoms with E-state index in [1.165, 1.54) is 122 Å². The van der Waals surface area contributed by atoms with Crippen LogP contribution in [0.25, 0.3) is 11.6 Å². The van der Waals surface area contributed by atoms with E-state index in [-0.39, 0.29) is 27.1 Å². The number of halogens is 4. The summed E-state index contributed by atoms with van der Waals surface area (Å²) < 4.78 is 22.4. The molecule has 14 rings (SSSR count). The van der Waals surface area contributed by atoms with E-state index in [9.17, 15) is 0 Å². The van der Waals surface area contributed by atoms with E-state index in [0.29, 0.717) is 0 Å². The fraction of sp³-hybridized carbons (Fsp3) is 0.299. The molecule has 0 unspecified atom stereocenters. The monoisotopic (exact) mass is 1780 g/mol. The molecule has 0 aromatic heterocycles.